The van der Waals surface area contributed by atoms with Crippen LogP contribution in [0.25, 0.3) is 33.3 Å². The number of anilines is 1. The summed E-state index contributed by atoms with van der Waals surface area (Å²) in [6.07, 6.45) is 0.316. The van der Waals surface area contributed by atoms with Crippen molar-refractivity contribution in [3.05, 3.63) is 48.5 Å². The molecule has 0 saturated heterocycles. The molecule has 4 rings (SSSR count). The molecule has 6 nitrogen and oxygen atoms in total. The van der Waals surface area contributed by atoms with Gasteiger partial charge in [0, 0.05) is 23.6 Å². The molecule has 6 heteroatoms. The molecule has 0 fully saturated rings. The van der Waals surface area contributed by atoms with Crippen LogP contribution in [0.5, 0.6) is 0 Å². The zero-order chi connectivity index (χ0) is 17.2. The van der Waals surface area contributed by atoms with E-state index in [0.717, 1.165) is 27.6 Å². The van der Waals surface area contributed by atoms with Crippen molar-refractivity contribution >= 4 is 33.5 Å². The number of benzene rings is 2. The Labute approximate surface area is 143 Å². The summed E-state index contributed by atoms with van der Waals surface area (Å²) in [5.41, 5.74) is 3.13. The van der Waals surface area contributed by atoms with Gasteiger partial charge in [-0.05, 0) is 30.3 Å². The summed E-state index contributed by atoms with van der Waals surface area (Å²) in [6, 6.07) is 15.4. The molecule has 0 aliphatic carbocycles. The standard InChI is InChI=1S/C19H17N3O3/c1-24-9-8-18(23)20-13-6-7-15-14(11-13)19(22-21-15)17-10-12-4-2-3-5-16(12)25-17/h2-7,10-11H,8-9H2,1H3,(H,20,23)(H,21,22). The number of hydrogen-bond donors (Lipinski definition) is 2. The lowest BCUT2D eigenvalue weighted by Gasteiger charge is -2.05. The van der Waals surface area contributed by atoms with Crippen molar-refractivity contribution in [1.82, 2.24) is 10.2 Å². The van der Waals surface area contributed by atoms with Gasteiger partial charge in [0.15, 0.2) is 5.76 Å². The molecular weight excluding hydrogens is 318 g/mol. The summed E-state index contributed by atoms with van der Waals surface area (Å²) >= 11 is 0. The van der Waals surface area contributed by atoms with Crippen LogP contribution in [0.1, 0.15) is 6.42 Å². The van der Waals surface area contributed by atoms with Crippen molar-refractivity contribution in [3.63, 3.8) is 0 Å². The van der Waals surface area contributed by atoms with Crippen LogP contribution in [-0.2, 0) is 9.53 Å². The van der Waals surface area contributed by atoms with Crippen molar-refractivity contribution < 1.29 is 13.9 Å². The minimum Gasteiger partial charge on any atom is -0.454 e. The predicted molar refractivity (Wildman–Crippen MR) is 96.4 cm³/mol. The first-order valence-corrected chi connectivity index (χ1v) is 8.00. The highest BCUT2D eigenvalue weighted by molar-refractivity contribution is 5.98. The number of nitrogens with zero attached hydrogens (tertiary/aromatic N) is 1. The molecule has 0 unspecified atom stereocenters. The Kier molecular flexibility index (Phi) is 3.95. The summed E-state index contributed by atoms with van der Waals surface area (Å²) in [5.74, 6) is 0.602. The van der Waals surface area contributed by atoms with Gasteiger partial charge in [0.2, 0.25) is 5.91 Å². The normalized spacial score (nSPS) is 11.2. The molecule has 2 heterocycles. The van der Waals surface area contributed by atoms with Crippen LogP contribution in [0.4, 0.5) is 5.69 Å². The minimum atomic E-state index is -0.0880. The van der Waals surface area contributed by atoms with Crippen LogP contribution < -0.4 is 5.32 Å². The Morgan fingerprint density at radius 1 is 1.24 bits per heavy atom. The fraction of sp³-hybridized carbons (Fsp3) is 0.158. The highest BCUT2D eigenvalue weighted by Crippen LogP contribution is 2.32. The monoisotopic (exact) mass is 335 g/mol. The first-order chi connectivity index (χ1) is 12.2. The lowest BCUT2D eigenvalue weighted by atomic mass is 10.1. The molecule has 0 bridgehead atoms. The van der Waals surface area contributed by atoms with Crippen LogP contribution in [-0.4, -0.2) is 29.8 Å². The molecule has 126 valence electrons. The highest BCUT2D eigenvalue weighted by atomic mass is 16.5. The lowest BCUT2D eigenvalue weighted by Crippen LogP contribution is -2.13. The molecule has 4 aromatic rings. The molecule has 2 aromatic carbocycles. The number of ether oxygens (including phenoxy) is 1. The van der Waals surface area contributed by atoms with Gasteiger partial charge in [-0.1, -0.05) is 18.2 Å². The summed E-state index contributed by atoms with van der Waals surface area (Å²) in [5, 5.41) is 12.2. The highest BCUT2D eigenvalue weighted by Gasteiger charge is 2.14. The number of rotatable bonds is 5. The number of fused-ring (bicyclic) bond motifs is 2. The van der Waals surface area contributed by atoms with Gasteiger partial charge in [0.1, 0.15) is 11.3 Å². The van der Waals surface area contributed by atoms with Crippen LogP contribution in [0.3, 0.4) is 0 Å². The minimum absolute atomic E-state index is 0.0880. The fourth-order valence-corrected chi connectivity index (χ4v) is 2.80. The van der Waals surface area contributed by atoms with Crippen molar-refractivity contribution in [2.24, 2.45) is 0 Å². The average molecular weight is 335 g/mol. The number of H-pyrrole nitrogens is 1. The Morgan fingerprint density at radius 2 is 2.12 bits per heavy atom. The van der Waals surface area contributed by atoms with E-state index < -0.39 is 0 Å². The lowest BCUT2D eigenvalue weighted by molar-refractivity contribution is -0.117. The third-order valence-electron chi connectivity index (χ3n) is 4.04. The number of aromatic amines is 1. The number of aromatic nitrogens is 2. The first kappa shape index (κ1) is 15.4. The molecule has 0 atom stereocenters. The third kappa shape index (κ3) is 2.99. The number of methoxy groups -OCH3 is 1. The molecule has 0 saturated carbocycles. The fourth-order valence-electron chi connectivity index (χ4n) is 2.80. The molecule has 0 aliphatic heterocycles. The second kappa shape index (κ2) is 6.41. The summed E-state index contributed by atoms with van der Waals surface area (Å²) in [6.45, 7) is 0.393. The maximum Gasteiger partial charge on any atom is 0.226 e. The van der Waals surface area contributed by atoms with Gasteiger partial charge in [-0.15, -0.1) is 0 Å². The molecule has 0 radical (unpaired) electrons. The van der Waals surface area contributed by atoms with Crippen molar-refractivity contribution in [1.29, 1.82) is 0 Å². The second-order valence-corrected chi connectivity index (χ2v) is 5.77. The van der Waals surface area contributed by atoms with Crippen molar-refractivity contribution in [3.8, 4) is 11.5 Å². The second-order valence-electron chi connectivity index (χ2n) is 5.77. The number of carbonyl (C=O) groups is 1. The number of nitrogens with one attached hydrogen (secondary N) is 2. The molecule has 2 N–H and O–H groups in total. The number of furan rings is 1. The van der Waals surface area contributed by atoms with Gasteiger partial charge in [-0.3, -0.25) is 9.89 Å². The predicted octanol–water partition coefficient (Wildman–Crippen LogP) is 3.95. The van der Waals surface area contributed by atoms with Crippen molar-refractivity contribution in [2.45, 2.75) is 6.42 Å². The van der Waals surface area contributed by atoms with Crippen LogP contribution in [0.15, 0.2) is 52.9 Å². The van der Waals surface area contributed by atoms with E-state index in [-0.39, 0.29) is 5.91 Å². The van der Waals surface area contributed by atoms with E-state index in [4.69, 9.17) is 9.15 Å². The molecule has 0 aliphatic rings. The zero-order valence-electron chi connectivity index (χ0n) is 13.7. The smallest absolute Gasteiger partial charge is 0.226 e. The van der Waals surface area contributed by atoms with E-state index in [1.807, 2.05) is 48.5 Å². The number of carbonyl (C=O) groups excluding carboxylic acids is 1. The van der Waals surface area contributed by atoms with E-state index in [0.29, 0.717) is 24.5 Å². The maximum absolute atomic E-state index is 11.9. The van der Waals surface area contributed by atoms with Crippen LogP contribution in [0, 0.1) is 0 Å². The number of hydrogen-bond acceptors (Lipinski definition) is 4. The topological polar surface area (TPSA) is 80.1 Å². The Bertz CT molecular complexity index is 1020. The van der Waals surface area contributed by atoms with E-state index >= 15 is 0 Å². The summed E-state index contributed by atoms with van der Waals surface area (Å²) in [7, 11) is 1.57. The third-order valence-corrected chi connectivity index (χ3v) is 4.04. The summed E-state index contributed by atoms with van der Waals surface area (Å²) in [4.78, 5) is 11.9. The van der Waals surface area contributed by atoms with E-state index in [2.05, 4.69) is 15.5 Å². The van der Waals surface area contributed by atoms with Gasteiger partial charge in [0.05, 0.1) is 18.5 Å². The maximum atomic E-state index is 11.9. The number of para-hydroxylation sites is 1. The van der Waals surface area contributed by atoms with Gasteiger partial charge >= 0.3 is 0 Å². The SMILES string of the molecule is COCCC(=O)Nc1ccc2[nH]nc(-c3cc4ccccc4o3)c2c1. The molecule has 0 spiro atoms. The van der Waals surface area contributed by atoms with E-state index in [9.17, 15) is 4.79 Å². The Morgan fingerprint density at radius 3 is 2.96 bits per heavy atom. The molecule has 2 aromatic heterocycles. The van der Waals surface area contributed by atoms with E-state index in [1.165, 1.54) is 0 Å². The van der Waals surface area contributed by atoms with Gasteiger partial charge in [-0.2, -0.15) is 5.10 Å². The molecule has 25 heavy (non-hydrogen) atoms. The Hall–Kier alpha value is -3.12. The molecular formula is C19H17N3O3. The van der Waals surface area contributed by atoms with Crippen LogP contribution in [0.2, 0.25) is 0 Å². The van der Waals surface area contributed by atoms with Crippen LogP contribution >= 0.6 is 0 Å². The van der Waals surface area contributed by atoms with Gasteiger partial charge in [0.25, 0.3) is 0 Å². The van der Waals surface area contributed by atoms with Gasteiger partial charge in [-0.25, -0.2) is 0 Å². The van der Waals surface area contributed by atoms with Gasteiger partial charge < -0.3 is 14.5 Å². The molecule has 1 amide bonds. The van der Waals surface area contributed by atoms with Crippen molar-refractivity contribution in [2.75, 3.05) is 19.0 Å². The quantitative estimate of drug-likeness (QED) is 0.579. The largest absolute Gasteiger partial charge is 0.454 e. The summed E-state index contributed by atoms with van der Waals surface area (Å²) < 4.78 is 10.8. The zero-order valence-corrected chi connectivity index (χ0v) is 13.7. The Balaban J connectivity index is 1.70. The van der Waals surface area contributed by atoms with E-state index in [1.54, 1.807) is 7.11 Å². The first-order valence-electron chi connectivity index (χ1n) is 8.00. The average Bonchev–Trinajstić information content (AvgIpc) is 3.23. The number of amides is 1.